The Morgan fingerprint density at radius 1 is 1.33 bits per heavy atom. The molecule has 0 aliphatic carbocycles. The Kier molecular flexibility index (Phi) is 4.95. The SMILES string of the molecule is C=C/C=C/CC(=O)OCc1ccccc1. The van der Waals surface area contributed by atoms with Crippen molar-refractivity contribution in [2.75, 3.05) is 0 Å². The first kappa shape index (κ1) is 11.2. The van der Waals surface area contributed by atoms with E-state index in [9.17, 15) is 4.79 Å². The van der Waals surface area contributed by atoms with Gasteiger partial charge in [0.2, 0.25) is 0 Å². The number of esters is 1. The lowest BCUT2D eigenvalue weighted by Crippen LogP contribution is -2.02. The quantitative estimate of drug-likeness (QED) is 0.542. The van der Waals surface area contributed by atoms with Crippen molar-refractivity contribution in [3.8, 4) is 0 Å². The molecule has 0 bridgehead atoms. The average Bonchev–Trinajstić information content (AvgIpc) is 2.28. The summed E-state index contributed by atoms with van der Waals surface area (Å²) in [7, 11) is 0. The summed E-state index contributed by atoms with van der Waals surface area (Å²) in [6.45, 7) is 3.85. The summed E-state index contributed by atoms with van der Waals surface area (Å²) in [5, 5.41) is 0. The number of carbonyl (C=O) groups is 1. The second-order valence-corrected chi connectivity index (χ2v) is 3.01. The predicted octanol–water partition coefficient (Wildman–Crippen LogP) is 2.86. The summed E-state index contributed by atoms with van der Waals surface area (Å²) >= 11 is 0. The highest BCUT2D eigenvalue weighted by molar-refractivity contribution is 5.71. The van der Waals surface area contributed by atoms with Gasteiger partial charge < -0.3 is 4.74 Å². The van der Waals surface area contributed by atoms with Gasteiger partial charge in [-0.15, -0.1) is 0 Å². The first-order valence-corrected chi connectivity index (χ1v) is 4.80. The Balaban J connectivity index is 2.28. The lowest BCUT2D eigenvalue weighted by atomic mass is 10.2. The molecule has 0 aromatic heterocycles. The summed E-state index contributed by atoms with van der Waals surface area (Å²) in [4.78, 5) is 11.2. The second-order valence-electron chi connectivity index (χ2n) is 3.01. The molecule has 0 N–H and O–H groups in total. The van der Waals surface area contributed by atoms with Crippen LogP contribution in [0.5, 0.6) is 0 Å². The largest absolute Gasteiger partial charge is 0.461 e. The molecule has 1 aromatic carbocycles. The van der Waals surface area contributed by atoms with Crippen molar-refractivity contribution in [1.29, 1.82) is 0 Å². The standard InChI is InChI=1S/C13H14O2/c1-2-3-5-10-13(14)15-11-12-8-6-4-7-9-12/h2-9H,1,10-11H2/b5-3+. The van der Waals surface area contributed by atoms with Gasteiger partial charge in [0.1, 0.15) is 6.61 Å². The Hall–Kier alpha value is -1.83. The molecule has 0 radical (unpaired) electrons. The van der Waals surface area contributed by atoms with Gasteiger partial charge in [-0.3, -0.25) is 4.79 Å². The van der Waals surface area contributed by atoms with Crippen molar-refractivity contribution in [1.82, 2.24) is 0 Å². The molecule has 78 valence electrons. The van der Waals surface area contributed by atoms with E-state index < -0.39 is 0 Å². The lowest BCUT2D eigenvalue weighted by Gasteiger charge is -2.02. The van der Waals surface area contributed by atoms with E-state index >= 15 is 0 Å². The molecule has 0 saturated heterocycles. The van der Waals surface area contributed by atoms with Gasteiger partial charge in [-0.05, 0) is 5.56 Å². The first-order valence-electron chi connectivity index (χ1n) is 4.80. The molecule has 0 fully saturated rings. The number of hydrogen-bond acceptors (Lipinski definition) is 2. The highest BCUT2D eigenvalue weighted by atomic mass is 16.5. The first-order chi connectivity index (χ1) is 7.33. The Bertz CT molecular complexity index is 339. The smallest absolute Gasteiger partial charge is 0.309 e. The normalized spacial score (nSPS) is 10.1. The fraction of sp³-hybridized carbons (Fsp3) is 0.154. The Morgan fingerprint density at radius 3 is 2.73 bits per heavy atom. The van der Waals surface area contributed by atoms with Gasteiger partial charge in [-0.1, -0.05) is 55.1 Å². The maximum Gasteiger partial charge on any atom is 0.309 e. The summed E-state index contributed by atoms with van der Waals surface area (Å²) in [5.41, 5.74) is 0.999. The van der Waals surface area contributed by atoms with Crippen LogP contribution in [-0.2, 0) is 16.1 Å². The van der Waals surface area contributed by atoms with Gasteiger partial charge in [0, 0.05) is 0 Å². The van der Waals surface area contributed by atoms with Gasteiger partial charge >= 0.3 is 5.97 Å². The number of rotatable bonds is 5. The minimum atomic E-state index is -0.225. The topological polar surface area (TPSA) is 26.3 Å². The van der Waals surface area contributed by atoms with E-state index in [1.807, 2.05) is 30.3 Å². The van der Waals surface area contributed by atoms with Crippen molar-refractivity contribution < 1.29 is 9.53 Å². The molecule has 15 heavy (non-hydrogen) atoms. The number of benzene rings is 1. The van der Waals surface area contributed by atoms with E-state index in [0.29, 0.717) is 13.0 Å². The van der Waals surface area contributed by atoms with Crippen LogP contribution in [0.25, 0.3) is 0 Å². The van der Waals surface area contributed by atoms with E-state index in [1.54, 1.807) is 18.2 Å². The van der Waals surface area contributed by atoms with Crippen molar-refractivity contribution >= 4 is 5.97 Å². The monoisotopic (exact) mass is 202 g/mol. The highest BCUT2D eigenvalue weighted by Gasteiger charge is 1.99. The maximum atomic E-state index is 11.2. The zero-order valence-electron chi connectivity index (χ0n) is 8.56. The third-order valence-electron chi connectivity index (χ3n) is 1.80. The molecule has 1 aromatic rings. The van der Waals surface area contributed by atoms with Crippen LogP contribution >= 0.6 is 0 Å². The fourth-order valence-corrected chi connectivity index (χ4v) is 1.06. The molecule has 0 aliphatic heterocycles. The predicted molar refractivity (Wildman–Crippen MR) is 60.2 cm³/mol. The molecule has 0 heterocycles. The molecule has 2 nitrogen and oxygen atoms in total. The summed E-state index contributed by atoms with van der Waals surface area (Å²) in [6.07, 6.45) is 5.37. The second kappa shape index (κ2) is 6.60. The molecule has 0 saturated carbocycles. The minimum Gasteiger partial charge on any atom is -0.461 e. The van der Waals surface area contributed by atoms with Gasteiger partial charge in [0.25, 0.3) is 0 Å². The molecule has 1 rings (SSSR count). The summed E-state index contributed by atoms with van der Waals surface area (Å²) < 4.78 is 5.05. The Morgan fingerprint density at radius 2 is 2.07 bits per heavy atom. The van der Waals surface area contributed by atoms with Gasteiger partial charge in [0.15, 0.2) is 0 Å². The van der Waals surface area contributed by atoms with E-state index in [4.69, 9.17) is 4.74 Å². The van der Waals surface area contributed by atoms with Crippen molar-refractivity contribution in [3.63, 3.8) is 0 Å². The van der Waals surface area contributed by atoms with Crippen molar-refractivity contribution in [2.24, 2.45) is 0 Å². The van der Waals surface area contributed by atoms with Gasteiger partial charge in [-0.2, -0.15) is 0 Å². The average molecular weight is 202 g/mol. The molecule has 0 aliphatic rings. The van der Waals surface area contributed by atoms with Gasteiger partial charge in [-0.25, -0.2) is 0 Å². The molecule has 0 spiro atoms. The van der Waals surface area contributed by atoms with Crippen LogP contribution in [0.2, 0.25) is 0 Å². The van der Waals surface area contributed by atoms with E-state index in [2.05, 4.69) is 6.58 Å². The van der Waals surface area contributed by atoms with Crippen LogP contribution in [0, 0.1) is 0 Å². The Labute approximate surface area is 89.9 Å². The molecular weight excluding hydrogens is 188 g/mol. The number of ether oxygens (including phenoxy) is 1. The molecule has 0 atom stereocenters. The number of carbonyl (C=O) groups excluding carboxylic acids is 1. The van der Waals surface area contributed by atoms with Crippen molar-refractivity contribution in [3.05, 3.63) is 60.7 Å². The van der Waals surface area contributed by atoms with Crippen LogP contribution in [0.15, 0.2) is 55.1 Å². The maximum absolute atomic E-state index is 11.2. The van der Waals surface area contributed by atoms with E-state index in [1.165, 1.54) is 0 Å². The number of hydrogen-bond donors (Lipinski definition) is 0. The van der Waals surface area contributed by atoms with Crippen LogP contribution in [-0.4, -0.2) is 5.97 Å². The van der Waals surface area contributed by atoms with E-state index in [0.717, 1.165) is 5.56 Å². The summed E-state index contributed by atoms with van der Waals surface area (Å²) in [5.74, 6) is -0.225. The van der Waals surface area contributed by atoms with Gasteiger partial charge in [0.05, 0.1) is 6.42 Å². The highest BCUT2D eigenvalue weighted by Crippen LogP contribution is 2.01. The zero-order valence-corrected chi connectivity index (χ0v) is 8.56. The third-order valence-corrected chi connectivity index (χ3v) is 1.80. The van der Waals surface area contributed by atoms with Crippen LogP contribution in [0.1, 0.15) is 12.0 Å². The molecule has 0 amide bonds. The van der Waals surface area contributed by atoms with Crippen LogP contribution < -0.4 is 0 Å². The number of allylic oxidation sites excluding steroid dienone is 2. The summed E-state index contributed by atoms with van der Waals surface area (Å²) in [6, 6.07) is 9.61. The van der Waals surface area contributed by atoms with Crippen LogP contribution in [0.4, 0.5) is 0 Å². The molecule has 2 heteroatoms. The molecule has 0 unspecified atom stereocenters. The fourth-order valence-electron chi connectivity index (χ4n) is 1.06. The lowest BCUT2D eigenvalue weighted by molar-refractivity contribution is -0.143. The molecular formula is C13H14O2. The van der Waals surface area contributed by atoms with E-state index in [-0.39, 0.29) is 5.97 Å². The van der Waals surface area contributed by atoms with Crippen molar-refractivity contribution in [2.45, 2.75) is 13.0 Å². The van der Waals surface area contributed by atoms with Crippen LogP contribution in [0.3, 0.4) is 0 Å². The minimum absolute atomic E-state index is 0.225. The zero-order chi connectivity index (χ0) is 10.9. The third kappa shape index (κ3) is 4.81.